The number of nitrogens with one attached hydrogen (secondary N) is 1. The smallest absolute Gasteiger partial charge is 0.332 e. The Hall–Kier alpha value is -2.67. The Bertz CT molecular complexity index is 790. The number of carboxylic acid groups (broad SMARTS) is 1. The highest BCUT2D eigenvalue weighted by Gasteiger charge is 2.35. The van der Waals surface area contributed by atoms with Gasteiger partial charge in [-0.2, -0.15) is 5.10 Å². The zero-order valence-corrected chi connectivity index (χ0v) is 16.1. The minimum absolute atomic E-state index is 0.121. The molecule has 1 aromatic heterocycles. The van der Waals surface area contributed by atoms with Gasteiger partial charge in [-0.1, -0.05) is 36.8 Å². The van der Waals surface area contributed by atoms with Crippen LogP contribution >= 0.6 is 0 Å². The number of rotatable bonds is 9. The molecule has 0 bridgehead atoms. The lowest BCUT2D eigenvalue weighted by atomic mass is 10.1. The van der Waals surface area contributed by atoms with E-state index in [0.29, 0.717) is 19.4 Å². The van der Waals surface area contributed by atoms with Crippen LogP contribution in [0.2, 0.25) is 0 Å². The first kappa shape index (κ1) is 20.1. The summed E-state index contributed by atoms with van der Waals surface area (Å²) in [5.41, 5.74) is 3.17. The lowest BCUT2D eigenvalue weighted by molar-refractivity contribution is -0.154. The predicted octanol–water partition coefficient (Wildman–Crippen LogP) is 2.88. The van der Waals surface area contributed by atoms with Crippen molar-refractivity contribution in [2.75, 3.05) is 13.6 Å². The van der Waals surface area contributed by atoms with Crippen LogP contribution in [0.5, 0.6) is 0 Å². The Labute approximate surface area is 164 Å². The van der Waals surface area contributed by atoms with Gasteiger partial charge < -0.3 is 14.7 Å². The number of unbranched alkanes of at least 4 members (excludes halogenated alkanes) is 2. The number of aromatic nitrogens is 2. The standard InChI is InChI=1S/C21H27N3O4/c1-24(20(25)18-11-12-19(28-18)21(26)27)13-7-3-6-10-16-14-17(23-22-16)15-8-4-2-5-9-15/h2,4-5,8-9,14,18-19H,3,6-7,10-13H2,1H3,(H,22,23)(H,26,27)/t18-,19+/m0/s1. The first-order valence-corrected chi connectivity index (χ1v) is 9.77. The van der Waals surface area contributed by atoms with Gasteiger partial charge in [0.2, 0.25) is 0 Å². The Morgan fingerprint density at radius 2 is 1.93 bits per heavy atom. The highest BCUT2D eigenvalue weighted by molar-refractivity contribution is 5.82. The molecule has 1 fully saturated rings. The predicted molar refractivity (Wildman–Crippen MR) is 105 cm³/mol. The maximum Gasteiger partial charge on any atom is 0.332 e. The van der Waals surface area contributed by atoms with E-state index in [1.807, 2.05) is 30.3 Å². The molecule has 0 spiro atoms. The van der Waals surface area contributed by atoms with Crippen LogP contribution < -0.4 is 0 Å². The van der Waals surface area contributed by atoms with E-state index in [1.165, 1.54) is 0 Å². The van der Waals surface area contributed by atoms with Crippen molar-refractivity contribution in [1.29, 1.82) is 0 Å². The summed E-state index contributed by atoms with van der Waals surface area (Å²) in [4.78, 5) is 24.9. The average Bonchev–Trinajstić information content (AvgIpc) is 3.37. The molecule has 1 aliphatic heterocycles. The van der Waals surface area contributed by atoms with Crippen molar-refractivity contribution in [2.45, 2.75) is 50.7 Å². The van der Waals surface area contributed by atoms with Gasteiger partial charge in [-0.3, -0.25) is 9.89 Å². The second-order valence-electron chi connectivity index (χ2n) is 7.24. The van der Waals surface area contributed by atoms with Gasteiger partial charge in [0.1, 0.15) is 6.10 Å². The number of carbonyl (C=O) groups excluding carboxylic acids is 1. The summed E-state index contributed by atoms with van der Waals surface area (Å²) in [6.07, 6.45) is 3.24. The third-order valence-electron chi connectivity index (χ3n) is 5.09. The molecule has 7 heteroatoms. The van der Waals surface area contributed by atoms with E-state index in [1.54, 1.807) is 11.9 Å². The van der Waals surface area contributed by atoms with Crippen LogP contribution in [0.25, 0.3) is 11.3 Å². The molecule has 0 unspecified atom stereocenters. The summed E-state index contributed by atoms with van der Waals surface area (Å²) < 4.78 is 5.33. The van der Waals surface area contributed by atoms with Gasteiger partial charge in [-0.05, 0) is 38.2 Å². The van der Waals surface area contributed by atoms with Crippen molar-refractivity contribution in [1.82, 2.24) is 15.1 Å². The van der Waals surface area contributed by atoms with Gasteiger partial charge in [-0.25, -0.2) is 4.79 Å². The van der Waals surface area contributed by atoms with E-state index in [2.05, 4.69) is 16.3 Å². The molecule has 1 aromatic carbocycles. The van der Waals surface area contributed by atoms with Gasteiger partial charge in [0.05, 0.1) is 5.69 Å². The highest BCUT2D eigenvalue weighted by Crippen LogP contribution is 2.22. The molecule has 150 valence electrons. The zero-order valence-electron chi connectivity index (χ0n) is 16.1. The third-order valence-corrected chi connectivity index (χ3v) is 5.09. The van der Waals surface area contributed by atoms with Crippen LogP contribution in [0.15, 0.2) is 36.4 Å². The number of H-pyrrole nitrogens is 1. The Kier molecular flexibility index (Phi) is 6.81. The number of hydrogen-bond acceptors (Lipinski definition) is 4. The van der Waals surface area contributed by atoms with Crippen molar-refractivity contribution in [3.8, 4) is 11.3 Å². The van der Waals surface area contributed by atoms with Gasteiger partial charge in [0, 0.05) is 24.8 Å². The third kappa shape index (κ3) is 5.19. The molecule has 2 atom stereocenters. The fraction of sp³-hybridized carbons (Fsp3) is 0.476. The van der Waals surface area contributed by atoms with Crippen molar-refractivity contribution >= 4 is 11.9 Å². The first-order chi connectivity index (χ1) is 13.5. The van der Waals surface area contributed by atoms with E-state index >= 15 is 0 Å². The number of benzene rings is 1. The van der Waals surface area contributed by atoms with Gasteiger partial charge >= 0.3 is 5.97 Å². The number of aromatic amines is 1. The van der Waals surface area contributed by atoms with Crippen molar-refractivity contribution < 1.29 is 19.4 Å². The van der Waals surface area contributed by atoms with Crippen LogP contribution in [-0.4, -0.2) is 57.9 Å². The van der Waals surface area contributed by atoms with E-state index in [4.69, 9.17) is 9.84 Å². The molecule has 0 aliphatic carbocycles. The number of aryl methyl sites for hydroxylation is 1. The average molecular weight is 385 g/mol. The molecule has 1 aliphatic rings. The number of ether oxygens (including phenoxy) is 1. The summed E-state index contributed by atoms with van der Waals surface area (Å²) >= 11 is 0. The number of hydrogen-bond donors (Lipinski definition) is 2. The van der Waals surface area contributed by atoms with Gasteiger partial charge in [0.25, 0.3) is 5.91 Å². The van der Waals surface area contributed by atoms with Crippen LogP contribution in [-0.2, 0) is 20.7 Å². The lowest BCUT2D eigenvalue weighted by Gasteiger charge is -2.20. The molecule has 2 aromatic rings. The molecule has 2 heterocycles. The van der Waals surface area contributed by atoms with E-state index < -0.39 is 18.2 Å². The SMILES string of the molecule is CN(CCCCCc1cc(-c2ccccc2)n[nH]1)C(=O)[C@@H]1CC[C@H](C(=O)O)O1. The Balaban J connectivity index is 1.34. The second-order valence-corrected chi connectivity index (χ2v) is 7.24. The van der Waals surface area contributed by atoms with E-state index in [-0.39, 0.29) is 5.91 Å². The summed E-state index contributed by atoms with van der Waals surface area (Å²) in [5.74, 6) is -1.11. The Morgan fingerprint density at radius 3 is 2.64 bits per heavy atom. The molecule has 28 heavy (non-hydrogen) atoms. The summed E-state index contributed by atoms with van der Waals surface area (Å²) in [5, 5.41) is 16.4. The number of aliphatic carboxylic acids is 1. The van der Waals surface area contributed by atoms with Crippen LogP contribution in [0.1, 0.15) is 37.8 Å². The van der Waals surface area contributed by atoms with Gasteiger partial charge in [-0.15, -0.1) is 0 Å². The zero-order chi connectivity index (χ0) is 19.9. The number of likely N-dealkylation sites (N-methyl/N-ethyl adjacent to an activating group) is 1. The largest absolute Gasteiger partial charge is 0.479 e. The van der Waals surface area contributed by atoms with Crippen LogP contribution in [0.3, 0.4) is 0 Å². The molecule has 2 N–H and O–H groups in total. The molecular formula is C21H27N3O4. The first-order valence-electron chi connectivity index (χ1n) is 9.77. The monoisotopic (exact) mass is 385 g/mol. The normalized spacial score (nSPS) is 18.9. The van der Waals surface area contributed by atoms with Crippen LogP contribution in [0.4, 0.5) is 0 Å². The summed E-state index contributed by atoms with van der Waals surface area (Å²) in [7, 11) is 1.75. The maximum atomic E-state index is 12.3. The number of nitrogens with zero attached hydrogens (tertiary/aromatic N) is 2. The molecule has 1 amide bonds. The van der Waals surface area contributed by atoms with Gasteiger partial charge in [0.15, 0.2) is 6.10 Å². The fourth-order valence-corrected chi connectivity index (χ4v) is 3.44. The number of amides is 1. The highest BCUT2D eigenvalue weighted by atomic mass is 16.5. The van der Waals surface area contributed by atoms with E-state index in [0.717, 1.165) is 42.6 Å². The number of carboxylic acids is 1. The molecular weight excluding hydrogens is 358 g/mol. The second kappa shape index (κ2) is 9.50. The molecule has 1 saturated heterocycles. The minimum atomic E-state index is -0.993. The summed E-state index contributed by atoms with van der Waals surface area (Å²) in [6.45, 7) is 0.647. The summed E-state index contributed by atoms with van der Waals surface area (Å²) in [6, 6.07) is 12.2. The number of carbonyl (C=O) groups is 2. The van der Waals surface area contributed by atoms with Crippen LogP contribution in [0, 0.1) is 0 Å². The maximum absolute atomic E-state index is 12.3. The lowest BCUT2D eigenvalue weighted by Crippen LogP contribution is -2.37. The minimum Gasteiger partial charge on any atom is -0.479 e. The molecule has 0 radical (unpaired) electrons. The molecule has 0 saturated carbocycles. The topological polar surface area (TPSA) is 95.5 Å². The van der Waals surface area contributed by atoms with Crippen molar-refractivity contribution in [3.05, 3.63) is 42.1 Å². The van der Waals surface area contributed by atoms with Crippen molar-refractivity contribution in [2.24, 2.45) is 0 Å². The fourth-order valence-electron chi connectivity index (χ4n) is 3.44. The molecule has 7 nitrogen and oxygen atoms in total. The van der Waals surface area contributed by atoms with Crippen molar-refractivity contribution in [3.63, 3.8) is 0 Å². The molecule has 3 rings (SSSR count). The van der Waals surface area contributed by atoms with E-state index in [9.17, 15) is 9.59 Å². The Morgan fingerprint density at radius 1 is 1.18 bits per heavy atom. The quantitative estimate of drug-likeness (QED) is 0.647.